The molecule has 0 fully saturated rings. The number of alkyl halides is 3. The molecule has 0 spiro atoms. The molecule has 0 atom stereocenters. The molecule has 0 aromatic heterocycles. The topological polar surface area (TPSA) is 118 Å². The molecule has 0 aliphatic carbocycles. The van der Waals surface area contributed by atoms with Crippen molar-refractivity contribution in [3.8, 4) is 0 Å². The highest BCUT2D eigenvalue weighted by Gasteiger charge is 2.34. The standard InChI is InChI=1S/C16H13F3N2O6S/c1-10-5-6-13(21(24)25)8-14(10)28(26,27)20(9-15(22)23)12-4-2-3-11(7-12)16(17,18)19/h2-8H,9H2,1H3,(H,22,23). The number of anilines is 1. The molecule has 0 amide bonds. The molecule has 0 aliphatic rings. The number of carboxylic acid groups (broad SMARTS) is 1. The number of carboxylic acids is 1. The molecule has 1 N–H and O–H groups in total. The van der Waals surface area contributed by atoms with Gasteiger partial charge in [0.15, 0.2) is 0 Å². The number of non-ortho nitro benzene ring substituents is 1. The number of rotatable bonds is 6. The number of aryl methyl sites for hydroxylation is 1. The van der Waals surface area contributed by atoms with Crippen LogP contribution in [0.15, 0.2) is 47.4 Å². The minimum atomic E-state index is -4.78. The van der Waals surface area contributed by atoms with Crippen molar-refractivity contribution in [1.29, 1.82) is 0 Å². The number of benzene rings is 2. The molecule has 8 nitrogen and oxygen atoms in total. The molecule has 12 heteroatoms. The van der Waals surface area contributed by atoms with Crippen molar-refractivity contribution >= 4 is 27.4 Å². The van der Waals surface area contributed by atoms with Crippen molar-refractivity contribution in [2.24, 2.45) is 0 Å². The lowest BCUT2D eigenvalue weighted by molar-refractivity contribution is -0.385. The van der Waals surface area contributed by atoms with E-state index in [4.69, 9.17) is 5.11 Å². The van der Waals surface area contributed by atoms with Gasteiger partial charge in [-0.1, -0.05) is 12.1 Å². The van der Waals surface area contributed by atoms with Crippen LogP contribution in [-0.2, 0) is 21.0 Å². The van der Waals surface area contributed by atoms with Crippen LogP contribution < -0.4 is 4.31 Å². The van der Waals surface area contributed by atoms with Crippen molar-refractivity contribution in [2.75, 3.05) is 10.8 Å². The summed E-state index contributed by atoms with van der Waals surface area (Å²) in [6.45, 7) is 0.146. The quantitative estimate of drug-likeness (QED) is 0.569. The van der Waals surface area contributed by atoms with E-state index in [9.17, 15) is 36.5 Å². The summed E-state index contributed by atoms with van der Waals surface area (Å²) in [6, 6.07) is 6.06. The van der Waals surface area contributed by atoms with Gasteiger partial charge in [-0.15, -0.1) is 0 Å². The molecular formula is C16H13F3N2O6S. The van der Waals surface area contributed by atoms with Crippen LogP contribution in [0.25, 0.3) is 0 Å². The van der Waals surface area contributed by atoms with Crippen molar-refractivity contribution in [3.63, 3.8) is 0 Å². The van der Waals surface area contributed by atoms with Crippen LogP contribution in [0.4, 0.5) is 24.5 Å². The van der Waals surface area contributed by atoms with Crippen molar-refractivity contribution < 1.29 is 36.4 Å². The third-order valence-electron chi connectivity index (χ3n) is 3.69. The first-order valence-electron chi connectivity index (χ1n) is 7.51. The number of nitrogens with zero attached hydrogens (tertiary/aromatic N) is 2. The SMILES string of the molecule is Cc1ccc([N+](=O)[O-])cc1S(=O)(=O)N(CC(=O)O)c1cccc(C(F)(F)F)c1. The van der Waals surface area contributed by atoms with Gasteiger partial charge in [-0.2, -0.15) is 13.2 Å². The lowest BCUT2D eigenvalue weighted by Gasteiger charge is -2.24. The summed E-state index contributed by atoms with van der Waals surface area (Å²) < 4.78 is 65.1. The minimum Gasteiger partial charge on any atom is -0.480 e. The zero-order valence-electron chi connectivity index (χ0n) is 14.2. The average Bonchev–Trinajstić information content (AvgIpc) is 2.58. The van der Waals surface area contributed by atoms with Crippen LogP contribution in [0.3, 0.4) is 0 Å². The highest BCUT2D eigenvalue weighted by Crippen LogP contribution is 2.34. The fourth-order valence-corrected chi connectivity index (χ4v) is 4.03. The van der Waals surface area contributed by atoms with E-state index in [0.29, 0.717) is 12.1 Å². The zero-order valence-corrected chi connectivity index (χ0v) is 15.0. The van der Waals surface area contributed by atoms with Gasteiger partial charge < -0.3 is 5.11 Å². The van der Waals surface area contributed by atoms with E-state index < -0.39 is 55.5 Å². The predicted octanol–water partition coefficient (Wildman–Crippen LogP) is 3.20. The monoisotopic (exact) mass is 418 g/mol. The maximum Gasteiger partial charge on any atom is 0.416 e. The summed E-state index contributed by atoms with van der Waals surface area (Å²) in [5, 5.41) is 20.0. The zero-order chi connectivity index (χ0) is 21.3. The van der Waals surface area contributed by atoms with Gasteiger partial charge in [0.2, 0.25) is 0 Å². The summed E-state index contributed by atoms with van der Waals surface area (Å²) in [6.07, 6.45) is -4.78. The number of aliphatic carboxylic acids is 1. The van der Waals surface area contributed by atoms with Gasteiger partial charge in [-0.05, 0) is 30.7 Å². The number of nitro benzene ring substituents is 1. The molecule has 0 aliphatic heterocycles. The number of halogens is 3. The largest absolute Gasteiger partial charge is 0.480 e. The second-order valence-electron chi connectivity index (χ2n) is 5.66. The van der Waals surface area contributed by atoms with E-state index in [0.717, 1.165) is 30.3 Å². The summed E-state index contributed by atoms with van der Waals surface area (Å²) >= 11 is 0. The maximum atomic E-state index is 13.0. The molecule has 0 bridgehead atoms. The van der Waals surface area contributed by atoms with Gasteiger partial charge in [-0.3, -0.25) is 19.2 Å². The van der Waals surface area contributed by atoms with Crippen molar-refractivity contribution in [3.05, 3.63) is 63.7 Å². The Morgan fingerprint density at radius 2 is 1.86 bits per heavy atom. The van der Waals surface area contributed by atoms with Crippen LogP contribution in [0.5, 0.6) is 0 Å². The second-order valence-corrected chi connectivity index (χ2v) is 7.49. The van der Waals surface area contributed by atoms with Crippen LogP contribution >= 0.6 is 0 Å². The van der Waals surface area contributed by atoms with Crippen molar-refractivity contribution in [2.45, 2.75) is 18.0 Å². The molecule has 0 saturated carbocycles. The third-order valence-corrected chi connectivity index (χ3v) is 5.61. The first-order valence-corrected chi connectivity index (χ1v) is 8.95. The van der Waals surface area contributed by atoms with Crippen molar-refractivity contribution in [1.82, 2.24) is 0 Å². The highest BCUT2D eigenvalue weighted by atomic mass is 32.2. The Morgan fingerprint density at radius 3 is 2.39 bits per heavy atom. The van der Waals surface area contributed by atoms with Crippen LogP contribution in [-0.4, -0.2) is 31.0 Å². The van der Waals surface area contributed by atoms with E-state index in [1.54, 1.807) is 0 Å². The molecule has 28 heavy (non-hydrogen) atoms. The number of hydrogen-bond acceptors (Lipinski definition) is 5. The molecule has 0 heterocycles. The van der Waals surface area contributed by atoms with Gasteiger partial charge in [0.05, 0.1) is 21.1 Å². The molecule has 150 valence electrons. The number of nitro groups is 1. The average molecular weight is 418 g/mol. The van der Waals surface area contributed by atoms with Crippen LogP contribution in [0, 0.1) is 17.0 Å². The Kier molecular flexibility index (Phi) is 5.64. The number of hydrogen-bond donors (Lipinski definition) is 1. The van der Waals surface area contributed by atoms with Gasteiger partial charge in [0.1, 0.15) is 6.54 Å². The molecular weight excluding hydrogens is 405 g/mol. The van der Waals surface area contributed by atoms with Crippen LogP contribution in [0.1, 0.15) is 11.1 Å². The Hall–Kier alpha value is -3.15. The van der Waals surface area contributed by atoms with Crippen LogP contribution in [0.2, 0.25) is 0 Å². The summed E-state index contributed by atoms with van der Waals surface area (Å²) in [5.74, 6) is -1.62. The fraction of sp³-hybridized carbons (Fsp3) is 0.188. The Labute approximate surface area is 157 Å². The summed E-state index contributed by atoms with van der Waals surface area (Å²) in [5.41, 5.74) is -2.22. The highest BCUT2D eigenvalue weighted by molar-refractivity contribution is 7.93. The molecule has 2 aromatic rings. The summed E-state index contributed by atoms with van der Waals surface area (Å²) in [4.78, 5) is 20.7. The third kappa shape index (κ3) is 4.39. The molecule has 0 saturated heterocycles. The predicted molar refractivity (Wildman–Crippen MR) is 91.4 cm³/mol. The van der Waals surface area contributed by atoms with Gasteiger partial charge >= 0.3 is 12.1 Å². The van der Waals surface area contributed by atoms with E-state index in [1.165, 1.54) is 6.92 Å². The van der Waals surface area contributed by atoms with E-state index in [2.05, 4.69) is 0 Å². The van der Waals surface area contributed by atoms with Gasteiger partial charge in [0.25, 0.3) is 15.7 Å². The van der Waals surface area contributed by atoms with E-state index in [-0.39, 0.29) is 9.87 Å². The lowest BCUT2D eigenvalue weighted by atomic mass is 10.2. The first kappa shape index (κ1) is 21.2. The Bertz CT molecular complexity index is 1040. The Balaban J connectivity index is 2.68. The molecule has 2 aromatic carbocycles. The van der Waals surface area contributed by atoms with E-state index >= 15 is 0 Å². The van der Waals surface area contributed by atoms with E-state index in [1.807, 2.05) is 0 Å². The molecule has 0 radical (unpaired) electrons. The second kappa shape index (κ2) is 7.46. The number of sulfonamides is 1. The first-order chi connectivity index (χ1) is 12.8. The fourth-order valence-electron chi connectivity index (χ4n) is 2.37. The number of carbonyl (C=O) groups is 1. The Morgan fingerprint density at radius 1 is 1.21 bits per heavy atom. The molecule has 2 rings (SSSR count). The lowest BCUT2D eigenvalue weighted by Crippen LogP contribution is -2.36. The van der Waals surface area contributed by atoms with Gasteiger partial charge in [-0.25, -0.2) is 8.42 Å². The smallest absolute Gasteiger partial charge is 0.416 e. The normalized spacial score (nSPS) is 11.9. The maximum absolute atomic E-state index is 13.0. The summed E-state index contributed by atoms with van der Waals surface area (Å²) in [7, 11) is -4.72. The van der Waals surface area contributed by atoms with Gasteiger partial charge in [0, 0.05) is 12.1 Å². The molecule has 0 unspecified atom stereocenters. The minimum absolute atomic E-state index is 0.0629.